The second-order valence-corrected chi connectivity index (χ2v) is 21.8. The number of amides is 1. The third-order valence-electron chi connectivity index (χ3n) is 15.9. The number of piperidine rings is 1. The van der Waals surface area contributed by atoms with Gasteiger partial charge < -0.3 is 53.7 Å². The summed E-state index contributed by atoms with van der Waals surface area (Å²) in [6.07, 6.45) is 9.76. The maximum Gasteiger partial charge on any atom is 0.329 e. The number of ketones is 3. The van der Waals surface area contributed by atoms with Crippen molar-refractivity contribution in [2.45, 2.75) is 187 Å². The van der Waals surface area contributed by atoms with Crippen molar-refractivity contribution in [1.29, 1.82) is 0 Å². The van der Waals surface area contributed by atoms with Gasteiger partial charge in [0.2, 0.25) is 5.79 Å². The van der Waals surface area contributed by atoms with Crippen molar-refractivity contribution >= 4 is 35.2 Å². The van der Waals surface area contributed by atoms with Crippen molar-refractivity contribution in [3.05, 3.63) is 47.6 Å². The molecule has 0 spiro atoms. The Bertz CT molecular complexity index is 2010. The minimum atomic E-state index is -2.47. The van der Waals surface area contributed by atoms with Gasteiger partial charge in [0.15, 0.2) is 5.78 Å². The highest BCUT2D eigenvalue weighted by molar-refractivity contribution is 6.39. The fourth-order valence-corrected chi connectivity index (χ4v) is 10.7. The number of methoxy groups -OCH3 is 3. The Morgan fingerprint density at radius 1 is 0.863 bits per heavy atom. The van der Waals surface area contributed by atoms with Gasteiger partial charge in [-0.3, -0.25) is 24.0 Å². The molecule has 15 atom stereocenters. The molecule has 17 nitrogen and oxygen atoms in total. The number of aliphatic hydroxyl groups excluding tert-OH is 3. The summed E-state index contributed by atoms with van der Waals surface area (Å²) in [6, 6.07) is -1.20. The molecule has 0 unspecified atom stereocenters. The maximum absolute atomic E-state index is 14.5. The number of fused-ring (bicyclic) bond motifs is 3. The predicted octanol–water partition coefficient (Wildman–Crippen LogP) is 5.72. The van der Waals surface area contributed by atoms with Crippen LogP contribution < -0.4 is 0 Å². The molecule has 17 heteroatoms. The molecule has 0 aromatic carbocycles. The Hall–Kier alpha value is -3.94. The van der Waals surface area contributed by atoms with Crippen LogP contribution in [0.4, 0.5) is 0 Å². The molecule has 4 N–H and O–H groups in total. The number of rotatable bonds is 10. The molecule has 3 aliphatic heterocycles. The summed E-state index contributed by atoms with van der Waals surface area (Å²) in [5, 5.41) is 43.1. The van der Waals surface area contributed by atoms with Gasteiger partial charge in [0, 0.05) is 58.5 Å². The van der Waals surface area contributed by atoms with E-state index in [9.17, 15) is 49.2 Å². The highest BCUT2D eigenvalue weighted by atomic mass is 16.6. The zero-order chi connectivity index (χ0) is 54.4. The summed E-state index contributed by atoms with van der Waals surface area (Å²) in [4.78, 5) is 85.4. The SMILES string of the molecule is CO[C@H]1C[C@@H]2CC[C@@H](C)[C@@](O)(O2)C(=O)C(=O)N2CCCC[C@H]2C(=O)O[C@H]([C@H](C)C[C@@H]2CC[C@@H](OC(=O)C(C)(CO)CO)[C@H](O[13CH3])C2)CC(=O)[C@H](C)/C=C(/C)[C@@H](O)[C@@H](OC)C(=O)[C@H](C)C[C@H](C)\C=C/C=C\C=C/1C. The lowest BCUT2D eigenvalue weighted by Crippen LogP contribution is -2.61. The van der Waals surface area contributed by atoms with E-state index in [4.69, 9.17) is 28.4 Å². The summed E-state index contributed by atoms with van der Waals surface area (Å²) in [5.74, 6) is -9.36. The first-order chi connectivity index (χ1) is 34.5. The summed E-state index contributed by atoms with van der Waals surface area (Å²) >= 11 is 0. The van der Waals surface area contributed by atoms with Crippen LogP contribution in [0, 0.1) is 40.9 Å². The zero-order valence-electron chi connectivity index (χ0n) is 45.3. The van der Waals surface area contributed by atoms with E-state index < -0.39 is 120 Å². The normalized spacial score (nSPS) is 37.4. The minimum absolute atomic E-state index is 0.00697. The fraction of sp³-hybridized carbons (Fsp3) is 0.750. The number of carbonyl (C=O) groups is 6. The Morgan fingerprint density at radius 2 is 1.56 bits per heavy atom. The highest BCUT2D eigenvalue weighted by Crippen LogP contribution is 2.38. The van der Waals surface area contributed by atoms with E-state index in [0.717, 1.165) is 10.5 Å². The average Bonchev–Trinajstić information content (AvgIpc) is 3.37. The smallest absolute Gasteiger partial charge is 0.329 e. The van der Waals surface area contributed by atoms with Crippen LogP contribution in [0.15, 0.2) is 47.6 Å². The Kier molecular flexibility index (Phi) is 23.9. The monoisotopic (exact) mass is 1030 g/mol. The molecule has 1 saturated carbocycles. The average molecular weight is 1030 g/mol. The van der Waals surface area contributed by atoms with E-state index in [2.05, 4.69) is 0 Å². The van der Waals surface area contributed by atoms with Gasteiger partial charge in [0.25, 0.3) is 11.7 Å². The lowest BCUT2D eigenvalue weighted by Gasteiger charge is -2.42. The van der Waals surface area contributed by atoms with Gasteiger partial charge in [-0.25, -0.2) is 4.79 Å². The van der Waals surface area contributed by atoms with E-state index in [1.54, 1.807) is 40.9 Å². The zero-order valence-corrected chi connectivity index (χ0v) is 45.3. The van der Waals surface area contributed by atoms with Gasteiger partial charge in [-0.15, -0.1) is 0 Å². The van der Waals surface area contributed by atoms with E-state index in [-0.39, 0.29) is 42.8 Å². The number of carbonyl (C=O) groups excluding carboxylic acids is 6. The molecule has 2 bridgehead atoms. The first kappa shape index (κ1) is 61.6. The number of aliphatic hydroxyl groups is 4. The summed E-state index contributed by atoms with van der Waals surface area (Å²) in [7, 11) is 4.43. The number of esters is 2. The number of ether oxygens (including phenoxy) is 6. The van der Waals surface area contributed by atoms with Crippen molar-refractivity contribution in [3.8, 4) is 0 Å². The van der Waals surface area contributed by atoms with Crippen LogP contribution in [-0.4, -0.2) is 156 Å². The number of allylic oxidation sites excluding steroid dienone is 6. The van der Waals surface area contributed by atoms with Gasteiger partial charge in [0.05, 0.1) is 31.5 Å². The summed E-state index contributed by atoms with van der Waals surface area (Å²) in [6.45, 7) is 12.7. The number of Topliss-reactive ketones (excluding diaryl/α,β-unsaturated/α-hetero) is 3. The van der Waals surface area contributed by atoms with Crippen LogP contribution in [-0.2, 0) is 57.2 Å². The second kappa shape index (κ2) is 28.3. The Morgan fingerprint density at radius 3 is 2.21 bits per heavy atom. The quantitative estimate of drug-likeness (QED) is 0.0885. The van der Waals surface area contributed by atoms with Crippen molar-refractivity contribution in [2.24, 2.45) is 40.9 Å². The van der Waals surface area contributed by atoms with Crippen LogP contribution in [0.5, 0.6) is 0 Å². The van der Waals surface area contributed by atoms with Crippen molar-refractivity contribution in [2.75, 3.05) is 41.1 Å². The molecule has 0 aromatic heterocycles. The Balaban J connectivity index is 1.69. The minimum Gasteiger partial charge on any atom is -0.460 e. The van der Waals surface area contributed by atoms with Crippen LogP contribution in [0.25, 0.3) is 0 Å². The molecule has 73 heavy (non-hydrogen) atoms. The first-order valence-electron chi connectivity index (χ1n) is 26.4. The maximum atomic E-state index is 14.5. The molecule has 0 aromatic rings. The summed E-state index contributed by atoms with van der Waals surface area (Å²) in [5.41, 5.74) is -0.277. The largest absolute Gasteiger partial charge is 0.460 e. The third kappa shape index (κ3) is 16.0. The standard InChI is InChI=1S/C56H87NO16/c1-33-17-13-12-14-18-34(2)45(68-9)29-41-22-20-39(7)56(67,73-41)51(63)52(64)57-24-16-15-19-42(57)53(65)71-46(30-43(60)35(3)26-38(6)49(62)50(70-11)48(61)37(5)25-33)36(4)27-40-21-23-44(47(28-40)69-10)72-54(66)55(8,31-58)32-59/h12-14,17-18,26,33,35-37,39-42,44-47,49-50,58-59,62,67H,15-16,19-25,27-32H2,1-11H3/b14-12-,17-13-,34-18-,38-26-/t33-,35-,36-,37-,39-,40+,41+,42+,44-,45+,46+,47-,49-,50+,56-/m1/s1/i10+1. The van der Waals surface area contributed by atoms with Crippen molar-refractivity contribution in [3.63, 3.8) is 0 Å². The predicted molar refractivity (Wildman–Crippen MR) is 271 cm³/mol. The van der Waals surface area contributed by atoms with E-state index in [1.165, 1.54) is 21.1 Å². The van der Waals surface area contributed by atoms with Crippen molar-refractivity contribution < 1.29 is 77.6 Å². The number of hydrogen-bond donors (Lipinski definition) is 4. The third-order valence-corrected chi connectivity index (χ3v) is 15.9. The highest BCUT2D eigenvalue weighted by Gasteiger charge is 2.53. The van der Waals surface area contributed by atoms with Gasteiger partial charge >= 0.3 is 11.9 Å². The van der Waals surface area contributed by atoms with Crippen molar-refractivity contribution in [1.82, 2.24) is 4.90 Å². The number of nitrogens with zero attached hydrogens (tertiary/aromatic N) is 1. The topological polar surface area (TPSA) is 242 Å². The lowest BCUT2D eigenvalue weighted by atomic mass is 9.78. The molecule has 4 rings (SSSR count). The van der Waals surface area contributed by atoms with E-state index >= 15 is 0 Å². The number of hydrogen-bond acceptors (Lipinski definition) is 16. The molecule has 2 saturated heterocycles. The molecule has 3 fully saturated rings. The fourth-order valence-electron chi connectivity index (χ4n) is 10.7. The van der Waals surface area contributed by atoms with E-state index in [0.29, 0.717) is 69.8 Å². The van der Waals surface area contributed by atoms with Gasteiger partial charge in [-0.05, 0) is 114 Å². The van der Waals surface area contributed by atoms with Crippen LogP contribution in [0.1, 0.15) is 132 Å². The molecule has 0 radical (unpaired) electrons. The lowest BCUT2D eigenvalue weighted by molar-refractivity contribution is -0.265. The molecule has 1 amide bonds. The summed E-state index contributed by atoms with van der Waals surface area (Å²) < 4.78 is 35.4. The van der Waals surface area contributed by atoms with Crippen LogP contribution in [0.3, 0.4) is 0 Å². The second-order valence-electron chi connectivity index (χ2n) is 21.8. The van der Waals surface area contributed by atoms with Crippen LogP contribution in [0.2, 0.25) is 0 Å². The van der Waals surface area contributed by atoms with Gasteiger partial charge in [-0.2, -0.15) is 0 Å². The van der Waals surface area contributed by atoms with Gasteiger partial charge in [-0.1, -0.05) is 71.1 Å². The molecule has 1 aliphatic carbocycles. The van der Waals surface area contributed by atoms with Gasteiger partial charge in [0.1, 0.15) is 41.7 Å². The first-order valence-corrected chi connectivity index (χ1v) is 26.4. The van der Waals surface area contributed by atoms with E-state index in [1.807, 2.05) is 51.2 Å². The molecular formula is C56H87NO16. The molecule has 4 aliphatic rings. The molecule has 412 valence electrons. The molecular weight excluding hydrogens is 944 g/mol. The Labute approximate surface area is 433 Å². The molecule has 3 heterocycles. The van der Waals surface area contributed by atoms with Crippen LogP contribution >= 0.6 is 0 Å². The number of cyclic esters (lactones) is 1.